The summed E-state index contributed by atoms with van der Waals surface area (Å²) in [5, 5.41) is 9.49. The van der Waals surface area contributed by atoms with E-state index in [0.717, 1.165) is 9.92 Å². The summed E-state index contributed by atoms with van der Waals surface area (Å²) in [5.74, 6) is 0. The first kappa shape index (κ1) is 9.69. The lowest BCUT2D eigenvalue weighted by atomic mass is 10.2. The fourth-order valence-electron chi connectivity index (χ4n) is 1.06. The molecule has 0 radical (unpaired) electrons. The third kappa shape index (κ3) is 2.55. The molecule has 0 aliphatic carbocycles. The fourth-order valence-corrected chi connectivity index (χ4v) is 1.80. The molecule has 0 saturated heterocycles. The first-order valence-electron chi connectivity index (χ1n) is 4.32. The van der Waals surface area contributed by atoms with Gasteiger partial charge in [0.1, 0.15) is 5.03 Å². The summed E-state index contributed by atoms with van der Waals surface area (Å²) in [6, 6.07) is 9.46. The zero-order chi connectivity index (χ0) is 10.5. The Bertz CT molecular complexity index is 473. The van der Waals surface area contributed by atoms with Crippen LogP contribution in [0, 0.1) is 11.3 Å². The molecule has 1 aromatic heterocycles. The third-order valence-corrected chi connectivity index (χ3v) is 2.67. The fraction of sp³-hybridized carbons (Fsp3) is 0. The average molecular weight is 213 g/mol. The van der Waals surface area contributed by atoms with Gasteiger partial charge in [0.05, 0.1) is 17.8 Å². The van der Waals surface area contributed by atoms with Crippen molar-refractivity contribution in [2.24, 2.45) is 0 Å². The van der Waals surface area contributed by atoms with Gasteiger partial charge in [-0.2, -0.15) is 5.26 Å². The van der Waals surface area contributed by atoms with E-state index in [9.17, 15) is 0 Å². The van der Waals surface area contributed by atoms with E-state index in [-0.39, 0.29) is 0 Å². The van der Waals surface area contributed by atoms with Crippen LogP contribution in [0.25, 0.3) is 0 Å². The van der Waals surface area contributed by atoms with Crippen molar-refractivity contribution in [1.29, 1.82) is 5.26 Å². The Morgan fingerprint density at radius 3 is 2.53 bits per heavy atom. The molecule has 0 amide bonds. The van der Waals surface area contributed by atoms with E-state index < -0.39 is 0 Å². The Hall–Kier alpha value is -1.86. The second-order valence-electron chi connectivity index (χ2n) is 2.78. The third-order valence-electron chi connectivity index (χ3n) is 1.75. The highest BCUT2D eigenvalue weighted by atomic mass is 32.2. The van der Waals surface area contributed by atoms with E-state index in [1.54, 1.807) is 30.7 Å². The zero-order valence-electron chi connectivity index (χ0n) is 7.79. The predicted octanol–water partition coefficient (Wildman–Crippen LogP) is 2.50. The van der Waals surface area contributed by atoms with Crippen LogP contribution < -0.4 is 0 Å². The molecule has 0 aliphatic heterocycles. The highest BCUT2D eigenvalue weighted by Gasteiger charge is 1.98. The van der Waals surface area contributed by atoms with Crippen LogP contribution in [0.5, 0.6) is 0 Å². The van der Waals surface area contributed by atoms with Gasteiger partial charge in [-0.15, -0.1) is 0 Å². The van der Waals surface area contributed by atoms with E-state index in [4.69, 9.17) is 5.26 Å². The minimum absolute atomic E-state index is 0.665. The minimum atomic E-state index is 0.665. The largest absolute Gasteiger partial charge is 0.260 e. The highest BCUT2D eigenvalue weighted by Crippen LogP contribution is 2.24. The van der Waals surface area contributed by atoms with Gasteiger partial charge in [-0.1, -0.05) is 11.8 Å². The average Bonchev–Trinajstić information content (AvgIpc) is 2.31. The van der Waals surface area contributed by atoms with Crippen LogP contribution in [0.15, 0.2) is 52.8 Å². The second-order valence-corrected chi connectivity index (χ2v) is 3.88. The van der Waals surface area contributed by atoms with Crippen molar-refractivity contribution in [3.05, 3.63) is 48.4 Å². The molecule has 0 atom stereocenters. The molecule has 15 heavy (non-hydrogen) atoms. The second kappa shape index (κ2) is 4.58. The lowest BCUT2D eigenvalue weighted by Crippen LogP contribution is -1.80. The van der Waals surface area contributed by atoms with Gasteiger partial charge in [-0.3, -0.25) is 4.98 Å². The molecule has 2 aromatic rings. The number of benzene rings is 1. The van der Waals surface area contributed by atoms with Crippen LogP contribution in [-0.4, -0.2) is 9.97 Å². The summed E-state index contributed by atoms with van der Waals surface area (Å²) in [7, 11) is 0. The molecule has 72 valence electrons. The molecule has 0 N–H and O–H groups in total. The Kier molecular flexibility index (Phi) is 2.96. The summed E-state index contributed by atoms with van der Waals surface area (Å²) < 4.78 is 0. The van der Waals surface area contributed by atoms with Gasteiger partial charge in [0.25, 0.3) is 0 Å². The van der Waals surface area contributed by atoms with Crippen LogP contribution in [-0.2, 0) is 0 Å². The van der Waals surface area contributed by atoms with Gasteiger partial charge in [0, 0.05) is 17.3 Å². The number of aromatic nitrogens is 2. The SMILES string of the molecule is N#Cc1ccc(Sc2cnccn2)cc1. The van der Waals surface area contributed by atoms with Crippen molar-refractivity contribution in [3.63, 3.8) is 0 Å². The van der Waals surface area contributed by atoms with Crippen LogP contribution in [0.1, 0.15) is 5.56 Å². The van der Waals surface area contributed by atoms with Crippen molar-refractivity contribution >= 4 is 11.8 Å². The highest BCUT2D eigenvalue weighted by molar-refractivity contribution is 7.99. The van der Waals surface area contributed by atoms with Gasteiger partial charge in [0.2, 0.25) is 0 Å². The topological polar surface area (TPSA) is 49.6 Å². The van der Waals surface area contributed by atoms with Crippen LogP contribution >= 0.6 is 11.8 Å². The van der Waals surface area contributed by atoms with E-state index in [2.05, 4.69) is 16.0 Å². The maximum Gasteiger partial charge on any atom is 0.119 e. The molecule has 0 saturated carbocycles. The Labute approximate surface area is 91.8 Å². The minimum Gasteiger partial charge on any atom is -0.260 e. The van der Waals surface area contributed by atoms with Gasteiger partial charge in [0.15, 0.2) is 0 Å². The molecule has 0 spiro atoms. The van der Waals surface area contributed by atoms with Crippen molar-refractivity contribution in [2.75, 3.05) is 0 Å². The summed E-state index contributed by atoms with van der Waals surface area (Å²) in [5.41, 5.74) is 0.665. The quantitative estimate of drug-likeness (QED) is 0.769. The molecule has 0 fully saturated rings. The smallest absolute Gasteiger partial charge is 0.119 e. The van der Waals surface area contributed by atoms with E-state index in [1.807, 2.05) is 12.1 Å². The Morgan fingerprint density at radius 2 is 1.93 bits per heavy atom. The number of rotatable bonds is 2. The van der Waals surface area contributed by atoms with Crippen LogP contribution in [0.2, 0.25) is 0 Å². The normalized spacial score (nSPS) is 9.53. The predicted molar refractivity (Wildman–Crippen MR) is 57.3 cm³/mol. The van der Waals surface area contributed by atoms with Crippen LogP contribution in [0.3, 0.4) is 0 Å². The maximum absolute atomic E-state index is 8.64. The lowest BCUT2D eigenvalue weighted by Gasteiger charge is -1.99. The summed E-state index contributed by atoms with van der Waals surface area (Å²) in [4.78, 5) is 9.18. The molecule has 0 unspecified atom stereocenters. The van der Waals surface area contributed by atoms with E-state index >= 15 is 0 Å². The molecular weight excluding hydrogens is 206 g/mol. The van der Waals surface area contributed by atoms with Crippen LogP contribution in [0.4, 0.5) is 0 Å². The number of hydrogen-bond acceptors (Lipinski definition) is 4. The zero-order valence-corrected chi connectivity index (χ0v) is 8.61. The molecule has 0 aliphatic rings. The standard InChI is InChI=1S/C11H7N3S/c12-7-9-1-3-10(4-2-9)15-11-8-13-5-6-14-11/h1-6,8H. The first-order chi connectivity index (χ1) is 7.38. The van der Waals surface area contributed by atoms with Gasteiger partial charge in [-0.05, 0) is 24.3 Å². The number of nitriles is 1. The molecule has 4 heteroatoms. The number of hydrogen-bond donors (Lipinski definition) is 0. The molecule has 1 heterocycles. The molecule has 3 nitrogen and oxygen atoms in total. The first-order valence-corrected chi connectivity index (χ1v) is 5.14. The van der Waals surface area contributed by atoms with Crippen molar-refractivity contribution in [3.8, 4) is 6.07 Å². The molecule has 0 bridgehead atoms. The monoisotopic (exact) mass is 213 g/mol. The molecular formula is C11H7N3S. The van der Waals surface area contributed by atoms with Gasteiger partial charge >= 0.3 is 0 Å². The lowest BCUT2D eigenvalue weighted by molar-refractivity contribution is 1.05. The van der Waals surface area contributed by atoms with Gasteiger partial charge < -0.3 is 0 Å². The maximum atomic E-state index is 8.64. The molecule has 1 aromatic carbocycles. The molecule has 2 rings (SSSR count). The van der Waals surface area contributed by atoms with Crippen molar-refractivity contribution in [2.45, 2.75) is 9.92 Å². The van der Waals surface area contributed by atoms with E-state index in [0.29, 0.717) is 5.56 Å². The van der Waals surface area contributed by atoms with Crippen molar-refractivity contribution in [1.82, 2.24) is 9.97 Å². The Balaban J connectivity index is 2.16. The van der Waals surface area contributed by atoms with Crippen molar-refractivity contribution < 1.29 is 0 Å². The summed E-state index contributed by atoms with van der Waals surface area (Å²) >= 11 is 1.52. The van der Waals surface area contributed by atoms with Gasteiger partial charge in [-0.25, -0.2) is 4.98 Å². The Morgan fingerprint density at radius 1 is 1.13 bits per heavy atom. The summed E-state index contributed by atoms with van der Waals surface area (Å²) in [6.45, 7) is 0. The summed E-state index contributed by atoms with van der Waals surface area (Å²) in [6.07, 6.45) is 5.01. The van der Waals surface area contributed by atoms with E-state index in [1.165, 1.54) is 11.8 Å². The number of nitrogens with zero attached hydrogens (tertiary/aromatic N) is 3.